The van der Waals surface area contributed by atoms with E-state index in [-0.39, 0.29) is 0 Å². The summed E-state index contributed by atoms with van der Waals surface area (Å²) in [5.74, 6) is 0. The number of aromatic nitrogens is 1. The summed E-state index contributed by atoms with van der Waals surface area (Å²) in [4.78, 5) is 4.07. The quantitative estimate of drug-likeness (QED) is 0.458. The maximum absolute atomic E-state index is 5.74. The smallest absolute Gasteiger partial charge is 0.129 e. The van der Waals surface area contributed by atoms with Crippen LogP contribution in [0.2, 0.25) is 5.15 Å². The first-order chi connectivity index (χ1) is 9.33. The number of halogens is 1. The Labute approximate surface area is 123 Å². The summed E-state index contributed by atoms with van der Waals surface area (Å²) >= 11 is 5.74. The first-order valence-corrected chi connectivity index (χ1v) is 8.02. The van der Waals surface area contributed by atoms with Gasteiger partial charge in [-0.05, 0) is 24.6 Å². The lowest BCUT2D eigenvalue weighted by Gasteiger charge is -2.05. The molecule has 108 valence electrons. The van der Waals surface area contributed by atoms with Gasteiger partial charge in [-0.25, -0.2) is 4.98 Å². The topological polar surface area (TPSA) is 24.9 Å². The maximum atomic E-state index is 5.74. The fourth-order valence-electron chi connectivity index (χ4n) is 2.13. The molecule has 0 unspecified atom stereocenters. The summed E-state index contributed by atoms with van der Waals surface area (Å²) in [5.41, 5.74) is 1.20. The number of rotatable bonds is 11. The molecule has 0 aliphatic heterocycles. The highest BCUT2D eigenvalue weighted by Gasteiger charge is 1.94. The molecule has 0 aromatic carbocycles. The Morgan fingerprint density at radius 3 is 2.32 bits per heavy atom. The molecule has 1 heterocycles. The molecule has 0 radical (unpaired) electrons. The molecular weight excluding hydrogens is 256 g/mol. The van der Waals surface area contributed by atoms with Crippen LogP contribution in [0.15, 0.2) is 18.3 Å². The number of nitrogens with one attached hydrogen (secondary N) is 1. The predicted molar refractivity (Wildman–Crippen MR) is 83.6 cm³/mol. The molecule has 2 nitrogen and oxygen atoms in total. The summed E-state index contributed by atoms with van der Waals surface area (Å²) in [7, 11) is 0. The van der Waals surface area contributed by atoms with E-state index in [2.05, 4.69) is 17.2 Å². The van der Waals surface area contributed by atoms with E-state index < -0.39 is 0 Å². The lowest BCUT2D eigenvalue weighted by molar-refractivity contribution is 0.555. The average molecular weight is 283 g/mol. The predicted octanol–water partition coefficient (Wildman–Crippen LogP) is 4.97. The van der Waals surface area contributed by atoms with Crippen LogP contribution in [0.25, 0.3) is 0 Å². The van der Waals surface area contributed by atoms with E-state index in [1.165, 1.54) is 56.9 Å². The number of hydrogen-bond donors (Lipinski definition) is 1. The largest absolute Gasteiger partial charge is 0.313 e. The van der Waals surface area contributed by atoms with Crippen LogP contribution in [-0.2, 0) is 6.54 Å². The zero-order valence-electron chi connectivity index (χ0n) is 12.1. The van der Waals surface area contributed by atoms with Gasteiger partial charge in [0, 0.05) is 12.7 Å². The highest BCUT2D eigenvalue weighted by molar-refractivity contribution is 6.29. The molecule has 1 N–H and O–H groups in total. The summed E-state index contributed by atoms with van der Waals surface area (Å²) in [6.45, 7) is 4.25. The molecular formula is C16H27ClN2. The van der Waals surface area contributed by atoms with Crippen LogP contribution < -0.4 is 5.32 Å². The standard InChI is InChI=1S/C16H27ClN2/c1-2-3-4-5-6-7-8-9-12-18-13-15-10-11-16(17)19-14-15/h10-11,14,18H,2-9,12-13H2,1H3. The van der Waals surface area contributed by atoms with Gasteiger partial charge in [-0.2, -0.15) is 0 Å². The Kier molecular flexibility index (Phi) is 9.74. The molecule has 0 saturated heterocycles. The zero-order valence-corrected chi connectivity index (χ0v) is 12.9. The van der Waals surface area contributed by atoms with Gasteiger partial charge in [0.25, 0.3) is 0 Å². The Morgan fingerprint density at radius 2 is 1.68 bits per heavy atom. The number of nitrogens with zero attached hydrogens (tertiary/aromatic N) is 1. The molecule has 19 heavy (non-hydrogen) atoms. The summed E-state index contributed by atoms with van der Waals surface area (Å²) < 4.78 is 0. The van der Waals surface area contributed by atoms with Crippen LogP contribution in [0, 0.1) is 0 Å². The van der Waals surface area contributed by atoms with Crippen LogP contribution in [0.4, 0.5) is 0 Å². The lowest BCUT2D eigenvalue weighted by atomic mass is 10.1. The number of hydrogen-bond acceptors (Lipinski definition) is 2. The highest BCUT2D eigenvalue weighted by atomic mass is 35.5. The van der Waals surface area contributed by atoms with Gasteiger partial charge < -0.3 is 5.32 Å². The van der Waals surface area contributed by atoms with Gasteiger partial charge in [0.05, 0.1) is 0 Å². The second-order valence-corrected chi connectivity index (χ2v) is 5.53. The second-order valence-electron chi connectivity index (χ2n) is 5.14. The van der Waals surface area contributed by atoms with Gasteiger partial charge in [0.1, 0.15) is 5.15 Å². The Morgan fingerprint density at radius 1 is 1.00 bits per heavy atom. The monoisotopic (exact) mass is 282 g/mol. The molecule has 0 amide bonds. The van der Waals surface area contributed by atoms with Gasteiger partial charge in [0.2, 0.25) is 0 Å². The SMILES string of the molecule is CCCCCCCCCCNCc1ccc(Cl)nc1. The van der Waals surface area contributed by atoms with E-state index in [0.29, 0.717) is 5.15 Å². The summed E-state index contributed by atoms with van der Waals surface area (Å²) in [5, 5.41) is 4.01. The van der Waals surface area contributed by atoms with Crippen molar-refractivity contribution in [3.63, 3.8) is 0 Å². The van der Waals surface area contributed by atoms with Crippen LogP contribution >= 0.6 is 11.6 Å². The maximum Gasteiger partial charge on any atom is 0.129 e. The zero-order chi connectivity index (χ0) is 13.8. The Balaban J connectivity index is 1.87. The van der Waals surface area contributed by atoms with E-state index in [4.69, 9.17) is 11.6 Å². The van der Waals surface area contributed by atoms with Gasteiger partial charge in [-0.15, -0.1) is 0 Å². The minimum Gasteiger partial charge on any atom is -0.313 e. The van der Waals surface area contributed by atoms with Crippen molar-refractivity contribution in [3.8, 4) is 0 Å². The number of unbranched alkanes of at least 4 members (excludes halogenated alkanes) is 7. The molecule has 0 atom stereocenters. The number of pyridine rings is 1. The highest BCUT2D eigenvalue weighted by Crippen LogP contribution is 2.08. The van der Waals surface area contributed by atoms with Crippen LogP contribution in [0.5, 0.6) is 0 Å². The summed E-state index contributed by atoms with van der Waals surface area (Å²) in [6, 6.07) is 3.87. The molecule has 0 bridgehead atoms. The van der Waals surface area contributed by atoms with E-state index in [1.807, 2.05) is 18.3 Å². The van der Waals surface area contributed by atoms with E-state index in [1.54, 1.807) is 0 Å². The van der Waals surface area contributed by atoms with Crippen molar-refractivity contribution in [2.45, 2.75) is 64.8 Å². The normalized spacial score (nSPS) is 10.8. The van der Waals surface area contributed by atoms with Gasteiger partial charge >= 0.3 is 0 Å². The average Bonchev–Trinajstić information content (AvgIpc) is 2.43. The van der Waals surface area contributed by atoms with Crippen molar-refractivity contribution in [2.75, 3.05) is 6.54 Å². The van der Waals surface area contributed by atoms with Crippen LogP contribution in [0.3, 0.4) is 0 Å². The van der Waals surface area contributed by atoms with Gasteiger partial charge in [0.15, 0.2) is 0 Å². The van der Waals surface area contributed by atoms with Gasteiger partial charge in [-0.3, -0.25) is 0 Å². The minimum absolute atomic E-state index is 0.562. The van der Waals surface area contributed by atoms with Gasteiger partial charge in [-0.1, -0.05) is 69.5 Å². The molecule has 1 aromatic rings. The molecule has 3 heteroatoms. The van der Waals surface area contributed by atoms with E-state index in [9.17, 15) is 0 Å². The van der Waals surface area contributed by atoms with Crippen LogP contribution in [0.1, 0.15) is 63.9 Å². The van der Waals surface area contributed by atoms with Crippen molar-refractivity contribution in [2.24, 2.45) is 0 Å². The first kappa shape index (κ1) is 16.5. The Bertz CT molecular complexity index is 311. The molecule has 0 saturated carbocycles. The van der Waals surface area contributed by atoms with Crippen molar-refractivity contribution in [1.82, 2.24) is 10.3 Å². The third kappa shape index (κ3) is 9.01. The minimum atomic E-state index is 0.562. The second kappa shape index (κ2) is 11.2. The molecule has 1 rings (SSSR count). The Hall–Kier alpha value is -0.600. The van der Waals surface area contributed by atoms with Crippen molar-refractivity contribution < 1.29 is 0 Å². The molecule has 1 aromatic heterocycles. The van der Waals surface area contributed by atoms with Crippen molar-refractivity contribution in [3.05, 3.63) is 29.0 Å². The summed E-state index contributed by atoms with van der Waals surface area (Å²) in [6.07, 6.45) is 12.8. The third-order valence-electron chi connectivity index (χ3n) is 3.32. The van der Waals surface area contributed by atoms with Crippen molar-refractivity contribution >= 4 is 11.6 Å². The lowest BCUT2D eigenvalue weighted by Crippen LogP contribution is -2.14. The third-order valence-corrected chi connectivity index (χ3v) is 3.55. The molecule has 0 spiro atoms. The van der Waals surface area contributed by atoms with E-state index >= 15 is 0 Å². The van der Waals surface area contributed by atoms with E-state index in [0.717, 1.165) is 13.1 Å². The molecule has 0 fully saturated rings. The molecule has 0 aliphatic rings. The molecule has 0 aliphatic carbocycles. The van der Waals surface area contributed by atoms with Crippen molar-refractivity contribution in [1.29, 1.82) is 0 Å². The van der Waals surface area contributed by atoms with Crippen LogP contribution in [-0.4, -0.2) is 11.5 Å². The fourth-order valence-corrected chi connectivity index (χ4v) is 2.24. The fraction of sp³-hybridized carbons (Fsp3) is 0.688. The first-order valence-electron chi connectivity index (χ1n) is 7.64.